The summed E-state index contributed by atoms with van der Waals surface area (Å²) in [7, 11) is 0. The van der Waals surface area contributed by atoms with Gasteiger partial charge in [-0.15, -0.1) is 0 Å². The van der Waals surface area contributed by atoms with E-state index < -0.39 is 6.09 Å². The summed E-state index contributed by atoms with van der Waals surface area (Å²) in [6, 6.07) is -0.252. The van der Waals surface area contributed by atoms with Gasteiger partial charge in [0.05, 0.1) is 12.0 Å². The molecule has 2 aliphatic heterocycles. The van der Waals surface area contributed by atoms with E-state index in [0.717, 1.165) is 18.5 Å². The fourth-order valence-corrected chi connectivity index (χ4v) is 3.36. The van der Waals surface area contributed by atoms with E-state index in [1.807, 2.05) is 25.2 Å². The smallest absolute Gasteiger partial charge is 0.416 e. The third-order valence-electron chi connectivity index (χ3n) is 4.92. The Balaban J connectivity index is 0.00000122. The molecule has 0 aromatic heterocycles. The first-order chi connectivity index (χ1) is 13.2. The van der Waals surface area contributed by atoms with Gasteiger partial charge in [0.15, 0.2) is 0 Å². The zero-order chi connectivity index (χ0) is 21.3. The lowest BCUT2D eigenvalue weighted by atomic mass is 10.0. The molecule has 0 N–H and O–H groups in total. The maximum Gasteiger partial charge on any atom is 0.416 e. The summed E-state index contributed by atoms with van der Waals surface area (Å²) < 4.78 is 5.18. The Bertz CT molecular complexity index is 601. The van der Waals surface area contributed by atoms with Crippen molar-refractivity contribution in [3.8, 4) is 0 Å². The monoisotopic (exact) mass is 390 g/mol. The molecule has 0 spiro atoms. The Labute approximate surface area is 171 Å². The van der Waals surface area contributed by atoms with Gasteiger partial charge in [0.2, 0.25) is 5.91 Å². The van der Waals surface area contributed by atoms with Gasteiger partial charge >= 0.3 is 6.09 Å². The minimum atomic E-state index is -0.515. The van der Waals surface area contributed by atoms with Gasteiger partial charge in [-0.2, -0.15) is 0 Å². The van der Waals surface area contributed by atoms with Crippen molar-refractivity contribution in [2.45, 2.75) is 72.4 Å². The lowest BCUT2D eigenvalue weighted by Crippen LogP contribution is -2.45. The predicted molar refractivity (Wildman–Crippen MR) is 115 cm³/mol. The fourth-order valence-electron chi connectivity index (χ4n) is 3.36. The number of carbonyl (C=O) groups excluding carboxylic acids is 2. The SMILES string of the molecule is C=C/C(=C\C=C/C)C[C@@H]1COC(=O)N1C(=O)[C@H]1CCN(C(C)(C)C)C1.CCC. The maximum atomic E-state index is 13.0. The van der Waals surface area contributed by atoms with Crippen LogP contribution in [0.3, 0.4) is 0 Å². The molecule has 158 valence electrons. The highest BCUT2D eigenvalue weighted by Crippen LogP contribution is 2.29. The molecule has 2 aliphatic rings. The van der Waals surface area contributed by atoms with Crippen molar-refractivity contribution in [2.24, 2.45) is 5.92 Å². The van der Waals surface area contributed by atoms with E-state index >= 15 is 0 Å². The fraction of sp³-hybridized carbons (Fsp3) is 0.652. The molecular weight excluding hydrogens is 352 g/mol. The van der Waals surface area contributed by atoms with Crippen LogP contribution in [0.2, 0.25) is 0 Å². The molecule has 2 rings (SSSR count). The van der Waals surface area contributed by atoms with E-state index in [1.165, 1.54) is 11.3 Å². The number of allylic oxidation sites excluding steroid dienone is 4. The molecule has 0 aromatic carbocycles. The van der Waals surface area contributed by atoms with Crippen molar-refractivity contribution in [2.75, 3.05) is 19.7 Å². The zero-order valence-corrected chi connectivity index (χ0v) is 18.5. The van der Waals surface area contributed by atoms with Gasteiger partial charge in [0.1, 0.15) is 6.61 Å². The van der Waals surface area contributed by atoms with Crippen molar-refractivity contribution in [1.29, 1.82) is 0 Å². The number of ether oxygens (including phenoxy) is 1. The van der Waals surface area contributed by atoms with Gasteiger partial charge in [-0.1, -0.05) is 51.2 Å². The lowest BCUT2D eigenvalue weighted by Gasteiger charge is -2.32. The Kier molecular flexibility index (Phi) is 9.66. The molecule has 2 amide bonds. The van der Waals surface area contributed by atoms with Crippen LogP contribution in [0.5, 0.6) is 0 Å². The van der Waals surface area contributed by atoms with E-state index in [9.17, 15) is 9.59 Å². The highest BCUT2D eigenvalue weighted by Gasteiger charge is 2.43. The Morgan fingerprint density at radius 3 is 2.46 bits per heavy atom. The standard InChI is InChI=1S/C20H30N2O3.C3H8/c1-6-8-9-15(7-2)12-17-14-25-19(24)22(17)18(23)16-10-11-21(13-16)20(3,4)5;1-3-2/h6-9,16-17H,2,10-14H2,1,3-5H3;3H2,1-2H3/b8-6-,15-9+;/t16-,17+;/m0./s1. The van der Waals surface area contributed by atoms with Gasteiger partial charge in [-0.05, 0) is 52.7 Å². The number of cyclic esters (lactones) is 1. The molecule has 0 saturated carbocycles. The van der Waals surface area contributed by atoms with Gasteiger partial charge in [-0.25, -0.2) is 9.69 Å². The summed E-state index contributed by atoms with van der Waals surface area (Å²) in [6.45, 7) is 18.3. The molecule has 0 aromatic rings. The topological polar surface area (TPSA) is 49.9 Å². The van der Waals surface area contributed by atoms with Crippen LogP contribution in [-0.2, 0) is 9.53 Å². The number of carbonyl (C=O) groups is 2. The van der Waals surface area contributed by atoms with Crippen molar-refractivity contribution < 1.29 is 14.3 Å². The molecule has 0 bridgehead atoms. The molecule has 2 fully saturated rings. The summed E-state index contributed by atoms with van der Waals surface area (Å²) in [5, 5.41) is 0. The summed E-state index contributed by atoms with van der Waals surface area (Å²) in [5.74, 6) is -0.243. The third kappa shape index (κ3) is 6.62. The van der Waals surface area contributed by atoms with E-state index in [-0.39, 0.29) is 30.0 Å². The van der Waals surface area contributed by atoms with E-state index in [4.69, 9.17) is 4.74 Å². The lowest BCUT2D eigenvalue weighted by molar-refractivity contribution is -0.133. The van der Waals surface area contributed by atoms with Gasteiger partial charge in [0.25, 0.3) is 0 Å². The second-order valence-electron chi connectivity index (χ2n) is 8.42. The van der Waals surface area contributed by atoms with Crippen molar-refractivity contribution in [3.05, 3.63) is 36.5 Å². The van der Waals surface area contributed by atoms with Crippen LogP contribution in [0.4, 0.5) is 4.79 Å². The molecule has 5 nitrogen and oxygen atoms in total. The van der Waals surface area contributed by atoms with Crippen LogP contribution >= 0.6 is 0 Å². The normalized spacial score (nSPS) is 23.6. The minimum Gasteiger partial charge on any atom is -0.447 e. The van der Waals surface area contributed by atoms with Crippen molar-refractivity contribution in [1.82, 2.24) is 9.80 Å². The first kappa shape index (κ1) is 24.2. The number of rotatable bonds is 5. The molecule has 2 saturated heterocycles. The van der Waals surface area contributed by atoms with Crippen molar-refractivity contribution in [3.63, 3.8) is 0 Å². The second kappa shape index (κ2) is 11.2. The van der Waals surface area contributed by atoms with Crippen LogP contribution in [-0.4, -0.2) is 53.1 Å². The third-order valence-corrected chi connectivity index (χ3v) is 4.92. The van der Waals surface area contributed by atoms with Crippen LogP contribution in [0.1, 0.15) is 60.8 Å². The summed E-state index contributed by atoms with van der Waals surface area (Å²) in [5.41, 5.74) is 1.02. The van der Waals surface area contributed by atoms with Gasteiger partial charge in [0, 0.05) is 12.1 Å². The molecule has 2 heterocycles. The number of nitrogens with zero attached hydrogens (tertiary/aromatic N) is 2. The van der Waals surface area contributed by atoms with Crippen LogP contribution < -0.4 is 0 Å². The van der Waals surface area contributed by atoms with Crippen molar-refractivity contribution >= 4 is 12.0 Å². The predicted octanol–water partition coefficient (Wildman–Crippen LogP) is 4.95. The van der Waals surface area contributed by atoms with Gasteiger partial charge < -0.3 is 4.74 Å². The van der Waals surface area contributed by atoms with E-state index in [2.05, 4.69) is 46.1 Å². The summed E-state index contributed by atoms with van der Waals surface area (Å²) in [6.07, 6.45) is 9.67. The largest absolute Gasteiger partial charge is 0.447 e. The van der Waals surface area contributed by atoms with Crippen LogP contribution in [0.15, 0.2) is 36.5 Å². The molecule has 0 aliphatic carbocycles. The average molecular weight is 391 g/mol. The number of hydrogen-bond acceptors (Lipinski definition) is 4. The number of amides is 2. The maximum absolute atomic E-state index is 13.0. The Morgan fingerprint density at radius 2 is 1.96 bits per heavy atom. The highest BCUT2D eigenvalue weighted by atomic mass is 16.6. The van der Waals surface area contributed by atoms with E-state index in [1.54, 1.807) is 6.08 Å². The molecule has 28 heavy (non-hydrogen) atoms. The van der Waals surface area contributed by atoms with E-state index in [0.29, 0.717) is 13.0 Å². The quantitative estimate of drug-likeness (QED) is 0.623. The first-order valence-electron chi connectivity index (χ1n) is 10.4. The Hall–Kier alpha value is -1.88. The summed E-state index contributed by atoms with van der Waals surface area (Å²) >= 11 is 0. The Morgan fingerprint density at radius 1 is 1.32 bits per heavy atom. The van der Waals surface area contributed by atoms with Gasteiger partial charge in [-0.3, -0.25) is 9.69 Å². The number of imide groups is 1. The first-order valence-corrected chi connectivity index (χ1v) is 10.4. The molecule has 5 heteroatoms. The molecule has 0 radical (unpaired) electrons. The minimum absolute atomic E-state index is 0.0329. The number of likely N-dealkylation sites (tertiary alicyclic amines) is 1. The van der Waals surface area contributed by atoms with Crippen LogP contribution in [0.25, 0.3) is 0 Å². The highest BCUT2D eigenvalue weighted by molar-refractivity contribution is 5.95. The van der Waals surface area contributed by atoms with Crippen LogP contribution in [0, 0.1) is 5.92 Å². The molecule has 0 unspecified atom stereocenters. The summed E-state index contributed by atoms with van der Waals surface area (Å²) in [4.78, 5) is 28.8. The average Bonchev–Trinajstić information content (AvgIpc) is 3.26. The number of hydrogen-bond donors (Lipinski definition) is 0. The zero-order valence-electron chi connectivity index (χ0n) is 18.5. The molecule has 2 atom stereocenters. The second-order valence-corrected chi connectivity index (χ2v) is 8.42. The molecular formula is C23H38N2O3.